The minimum Gasteiger partial charge on any atom is -0.409 e. The summed E-state index contributed by atoms with van der Waals surface area (Å²) < 4.78 is 0. The molecule has 104 valence electrons. The minimum atomic E-state index is 0.00612. The van der Waals surface area contributed by atoms with E-state index in [4.69, 9.17) is 10.9 Å². The van der Waals surface area contributed by atoms with Gasteiger partial charge in [-0.1, -0.05) is 19.0 Å². The second-order valence-corrected chi connectivity index (χ2v) is 5.72. The zero-order valence-electron chi connectivity index (χ0n) is 11.5. The molecule has 0 atom stereocenters. The van der Waals surface area contributed by atoms with E-state index in [1.54, 1.807) is 12.4 Å². The highest BCUT2D eigenvalue weighted by molar-refractivity contribution is 5.99. The van der Waals surface area contributed by atoms with Crippen LogP contribution in [0, 0.1) is 5.41 Å². The average Bonchev–Trinajstić information content (AvgIpc) is 2.59. The van der Waals surface area contributed by atoms with Gasteiger partial charge in [0.25, 0.3) is 0 Å². The number of nitrogens with zero attached hydrogens (tertiary/aromatic N) is 4. The monoisotopic (exact) mass is 263 g/mol. The largest absolute Gasteiger partial charge is 0.409 e. The van der Waals surface area contributed by atoms with Gasteiger partial charge in [0.15, 0.2) is 17.3 Å². The number of nitrogens with two attached hydrogens (primary N) is 1. The van der Waals surface area contributed by atoms with Crippen LogP contribution < -0.4 is 10.6 Å². The minimum absolute atomic E-state index is 0.00612. The van der Waals surface area contributed by atoms with Gasteiger partial charge < -0.3 is 15.8 Å². The Morgan fingerprint density at radius 1 is 1.32 bits per heavy atom. The maximum Gasteiger partial charge on any atom is 0.192 e. The maximum atomic E-state index is 8.83. The number of anilines is 1. The summed E-state index contributed by atoms with van der Waals surface area (Å²) in [7, 11) is 0. The first-order valence-electron chi connectivity index (χ1n) is 6.57. The molecule has 0 spiro atoms. The van der Waals surface area contributed by atoms with Crippen molar-refractivity contribution >= 4 is 11.7 Å². The van der Waals surface area contributed by atoms with Crippen molar-refractivity contribution in [3.05, 3.63) is 18.1 Å². The molecule has 1 aromatic heterocycles. The van der Waals surface area contributed by atoms with Crippen molar-refractivity contribution in [3.63, 3.8) is 0 Å². The molecule has 1 aromatic rings. The van der Waals surface area contributed by atoms with Gasteiger partial charge in [-0.2, -0.15) is 0 Å². The standard InChI is InChI=1S/C13H21N5O/c1-13(2)4-3-8-18(9-5-13)12-10(11(14)17-19)15-6-7-16-12/h6-7,19H,3-5,8-9H2,1-2H3,(H2,14,17). The summed E-state index contributed by atoms with van der Waals surface area (Å²) in [6.45, 7) is 6.42. The van der Waals surface area contributed by atoms with Crippen LogP contribution in [0.4, 0.5) is 5.82 Å². The van der Waals surface area contributed by atoms with Crippen LogP contribution >= 0.6 is 0 Å². The fraction of sp³-hybridized carbons (Fsp3) is 0.615. The number of hydrogen-bond acceptors (Lipinski definition) is 5. The summed E-state index contributed by atoms with van der Waals surface area (Å²) >= 11 is 0. The zero-order valence-corrected chi connectivity index (χ0v) is 11.5. The van der Waals surface area contributed by atoms with Crippen LogP contribution in [0.1, 0.15) is 38.8 Å². The highest BCUT2D eigenvalue weighted by Gasteiger charge is 2.25. The third-order valence-electron chi connectivity index (χ3n) is 3.67. The molecule has 1 aliphatic rings. The van der Waals surface area contributed by atoms with E-state index in [0.717, 1.165) is 25.9 Å². The lowest BCUT2D eigenvalue weighted by molar-refractivity contribution is 0.318. The van der Waals surface area contributed by atoms with Gasteiger partial charge in [0, 0.05) is 25.5 Å². The van der Waals surface area contributed by atoms with Crippen molar-refractivity contribution in [2.45, 2.75) is 33.1 Å². The van der Waals surface area contributed by atoms with Gasteiger partial charge in [-0.15, -0.1) is 0 Å². The zero-order chi connectivity index (χ0) is 13.9. The molecule has 0 aromatic carbocycles. The van der Waals surface area contributed by atoms with Gasteiger partial charge in [0.1, 0.15) is 0 Å². The van der Waals surface area contributed by atoms with E-state index >= 15 is 0 Å². The molecule has 2 rings (SSSR count). The Bertz CT molecular complexity index is 472. The molecule has 6 nitrogen and oxygen atoms in total. The molecule has 1 aliphatic heterocycles. The Morgan fingerprint density at radius 2 is 2.05 bits per heavy atom. The first kappa shape index (κ1) is 13.6. The molecule has 0 unspecified atom stereocenters. The second-order valence-electron chi connectivity index (χ2n) is 5.72. The number of hydrogen-bond donors (Lipinski definition) is 2. The van der Waals surface area contributed by atoms with Crippen LogP contribution in [0.3, 0.4) is 0 Å². The molecule has 2 heterocycles. The molecule has 0 bridgehead atoms. The van der Waals surface area contributed by atoms with E-state index in [9.17, 15) is 0 Å². The van der Waals surface area contributed by atoms with E-state index in [2.05, 4.69) is 33.9 Å². The molecular weight excluding hydrogens is 242 g/mol. The predicted molar refractivity (Wildman–Crippen MR) is 74.4 cm³/mol. The van der Waals surface area contributed by atoms with E-state index in [0.29, 0.717) is 16.9 Å². The van der Waals surface area contributed by atoms with Gasteiger partial charge in [-0.25, -0.2) is 9.97 Å². The Kier molecular flexibility index (Phi) is 3.87. The van der Waals surface area contributed by atoms with Crippen LogP contribution in [0.2, 0.25) is 0 Å². The van der Waals surface area contributed by atoms with Gasteiger partial charge >= 0.3 is 0 Å². The van der Waals surface area contributed by atoms with E-state index in [1.165, 1.54) is 6.42 Å². The summed E-state index contributed by atoms with van der Waals surface area (Å²) in [6, 6.07) is 0. The van der Waals surface area contributed by atoms with Crippen LogP contribution in [-0.2, 0) is 0 Å². The van der Waals surface area contributed by atoms with Crippen molar-refractivity contribution in [1.82, 2.24) is 9.97 Å². The fourth-order valence-corrected chi connectivity index (χ4v) is 2.42. The van der Waals surface area contributed by atoms with E-state index in [1.807, 2.05) is 0 Å². The van der Waals surface area contributed by atoms with Crippen molar-refractivity contribution in [2.24, 2.45) is 16.3 Å². The normalized spacial score (nSPS) is 20.1. The van der Waals surface area contributed by atoms with Crippen molar-refractivity contribution in [2.75, 3.05) is 18.0 Å². The molecule has 0 radical (unpaired) electrons. The summed E-state index contributed by atoms with van der Waals surface area (Å²) in [5.41, 5.74) is 6.47. The molecule has 1 saturated heterocycles. The molecule has 0 aliphatic carbocycles. The quantitative estimate of drug-likeness (QED) is 0.366. The number of oxime groups is 1. The lowest BCUT2D eigenvalue weighted by Gasteiger charge is -2.24. The lowest BCUT2D eigenvalue weighted by atomic mass is 9.85. The average molecular weight is 263 g/mol. The highest BCUT2D eigenvalue weighted by Crippen LogP contribution is 2.31. The van der Waals surface area contributed by atoms with Crippen LogP contribution in [0.15, 0.2) is 17.5 Å². The van der Waals surface area contributed by atoms with Crippen molar-refractivity contribution in [3.8, 4) is 0 Å². The van der Waals surface area contributed by atoms with Crippen molar-refractivity contribution < 1.29 is 5.21 Å². The topological polar surface area (TPSA) is 87.6 Å². The number of amidine groups is 1. The summed E-state index contributed by atoms with van der Waals surface area (Å²) in [4.78, 5) is 10.7. The molecular formula is C13H21N5O. The molecule has 6 heteroatoms. The molecule has 1 fully saturated rings. The van der Waals surface area contributed by atoms with Crippen LogP contribution in [-0.4, -0.2) is 34.1 Å². The van der Waals surface area contributed by atoms with Crippen LogP contribution in [0.5, 0.6) is 0 Å². The summed E-state index contributed by atoms with van der Waals surface area (Å²) in [5.74, 6) is 0.710. The number of rotatable bonds is 2. The Labute approximate surface area is 113 Å². The van der Waals surface area contributed by atoms with E-state index < -0.39 is 0 Å². The third-order valence-corrected chi connectivity index (χ3v) is 3.67. The Morgan fingerprint density at radius 3 is 2.79 bits per heavy atom. The first-order chi connectivity index (χ1) is 9.03. The highest BCUT2D eigenvalue weighted by atomic mass is 16.4. The molecule has 0 amide bonds. The lowest BCUT2D eigenvalue weighted by Crippen LogP contribution is -2.30. The van der Waals surface area contributed by atoms with E-state index in [-0.39, 0.29) is 5.84 Å². The maximum absolute atomic E-state index is 8.83. The smallest absolute Gasteiger partial charge is 0.192 e. The Balaban J connectivity index is 2.27. The summed E-state index contributed by atoms with van der Waals surface area (Å²) in [5, 5.41) is 11.9. The van der Waals surface area contributed by atoms with Crippen LogP contribution in [0.25, 0.3) is 0 Å². The van der Waals surface area contributed by atoms with Gasteiger partial charge in [-0.3, -0.25) is 0 Å². The molecule has 3 N–H and O–H groups in total. The summed E-state index contributed by atoms with van der Waals surface area (Å²) in [6.07, 6.45) is 6.60. The predicted octanol–water partition coefficient (Wildman–Crippen LogP) is 1.59. The first-order valence-corrected chi connectivity index (χ1v) is 6.57. The fourth-order valence-electron chi connectivity index (χ4n) is 2.42. The van der Waals surface area contributed by atoms with Gasteiger partial charge in [-0.05, 0) is 24.7 Å². The Hall–Kier alpha value is -1.85. The van der Waals surface area contributed by atoms with Crippen molar-refractivity contribution in [1.29, 1.82) is 0 Å². The third kappa shape index (κ3) is 3.13. The molecule has 19 heavy (non-hydrogen) atoms. The van der Waals surface area contributed by atoms with Gasteiger partial charge in [0.05, 0.1) is 0 Å². The SMILES string of the molecule is CC1(C)CCCN(c2nccnc2C(N)=NO)CC1. The molecule has 0 saturated carbocycles. The number of aromatic nitrogens is 2. The second kappa shape index (κ2) is 5.42. The van der Waals surface area contributed by atoms with Gasteiger partial charge in [0.2, 0.25) is 0 Å².